The van der Waals surface area contributed by atoms with E-state index in [0.29, 0.717) is 25.2 Å². The molecule has 0 aliphatic carbocycles. The second kappa shape index (κ2) is 6.48. The molecule has 0 fully saturated rings. The molecule has 1 N–H and O–H groups in total. The van der Waals surface area contributed by atoms with Crippen LogP contribution < -0.4 is 5.56 Å². The lowest BCUT2D eigenvalue weighted by Gasteiger charge is -2.28. The summed E-state index contributed by atoms with van der Waals surface area (Å²) in [6.07, 6.45) is 0.665. The molecular weight excluding hydrogens is 332 g/mol. The predicted octanol–water partition coefficient (Wildman–Crippen LogP) is 1.23. The lowest BCUT2D eigenvalue weighted by atomic mass is 10.1. The Morgan fingerprint density at radius 2 is 1.88 bits per heavy atom. The number of nitrogens with one attached hydrogen (secondary N) is 1. The fraction of sp³-hybridized carbons (Fsp3) is 0.421. The maximum atomic E-state index is 12.9. The zero-order valence-corrected chi connectivity index (χ0v) is 15.8. The summed E-state index contributed by atoms with van der Waals surface area (Å²) in [6, 6.07) is 3.56. The number of aryl methyl sites for hydroxylation is 2. The van der Waals surface area contributed by atoms with E-state index >= 15 is 0 Å². The number of hydrogen-bond acceptors (Lipinski definition) is 3. The van der Waals surface area contributed by atoms with Crippen LogP contribution in [0.1, 0.15) is 43.4 Å². The SMILES string of the molecule is Cc1cc(C(=O)N2CCc3cc(C(=O)N(C)C)n(C)c3C2)c(=O)[nH]c1C. The van der Waals surface area contributed by atoms with E-state index in [2.05, 4.69) is 4.98 Å². The Morgan fingerprint density at radius 3 is 2.54 bits per heavy atom. The molecule has 2 aromatic heterocycles. The lowest BCUT2D eigenvalue weighted by molar-refractivity contribution is 0.0729. The van der Waals surface area contributed by atoms with Crippen LogP contribution in [-0.2, 0) is 20.0 Å². The molecule has 0 saturated heterocycles. The Morgan fingerprint density at radius 1 is 1.19 bits per heavy atom. The van der Waals surface area contributed by atoms with Crippen LogP contribution >= 0.6 is 0 Å². The molecule has 1 aliphatic heterocycles. The van der Waals surface area contributed by atoms with E-state index < -0.39 is 0 Å². The summed E-state index contributed by atoms with van der Waals surface area (Å²) < 4.78 is 1.85. The molecule has 2 amide bonds. The molecule has 0 unspecified atom stereocenters. The molecule has 1 aliphatic rings. The Labute approximate surface area is 152 Å². The van der Waals surface area contributed by atoms with Gasteiger partial charge in [-0.1, -0.05) is 0 Å². The third-order valence-electron chi connectivity index (χ3n) is 5.08. The molecule has 26 heavy (non-hydrogen) atoms. The van der Waals surface area contributed by atoms with E-state index in [9.17, 15) is 14.4 Å². The number of pyridine rings is 1. The number of fused-ring (bicyclic) bond motifs is 1. The number of nitrogens with zero attached hydrogens (tertiary/aromatic N) is 3. The molecule has 0 saturated carbocycles. The van der Waals surface area contributed by atoms with Gasteiger partial charge in [-0.25, -0.2) is 0 Å². The predicted molar refractivity (Wildman–Crippen MR) is 98.4 cm³/mol. The number of hydrogen-bond donors (Lipinski definition) is 1. The van der Waals surface area contributed by atoms with Crippen LogP contribution in [0.25, 0.3) is 0 Å². The Kier molecular flexibility index (Phi) is 4.48. The average molecular weight is 356 g/mol. The van der Waals surface area contributed by atoms with E-state index in [-0.39, 0.29) is 22.9 Å². The summed E-state index contributed by atoms with van der Waals surface area (Å²) in [5.74, 6) is -0.341. The van der Waals surface area contributed by atoms with E-state index in [4.69, 9.17) is 0 Å². The molecule has 0 aromatic carbocycles. The molecule has 0 spiro atoms. The molecule has 3 heterocycles. The summed E-state index contributed by atoms with van der Waals surface area (Å²) in [6.45, 7) is 4.59. The Hall–Kier alpha value is -2.83. The fourth-order valence-electron chi connectivity index (χ4n) is 3.31. The van der Waals surface area contributed by atoms with Crippen molar-refractivity contribution in [3.8, 4) is 0 Å². The maximum Gasteiger partial charge on any atom is 0.269 e. The van der Waals surface area contributed by atoms with Gasteiger partial charge in [-0.2, -0.15) is 0 Å². The van der Waals surface area contributed by atoms with Crippen molar-refractivity contribution in [2.75, 3.05) is 20.6 Å². The maximum absolute atomic E-state index is 12.9. The van der Waals surface area contributed by atoms with Gasteiger partial charge < -0.3 is 19.4 Å². The number of rotatable bonds is 2. The van der Waals surface area contributed by atoms with Gasteiger partial charge in [0.25, 0.3) is 17.4 Å². The quantitative estimate of drug-likeness (QED) is 0.879. The molecule has 0 bridgehead atoms. The van der Waals surface area contributed by atoms with Crippen molar-refractivity contribution >= 4 is 11.8 Å². The van der Waals surface area contributed by atoms with Crippen molar-refractivity contribution in [2.24, 2.45) is 7.05 Å². The Bertz CT molecular complexity index is 952. The van der Waals surface area contributed by atoms with E-state index in [0.717, 1.165) is 22.5 Å². The minimum Gasteiger partial charge on any atom is -0.343 e. The van der Waals surface area contributed by atoms with Crippen molar-refractivity contribution in [1.82, 2.24) is 19.4 Å². The zero-order chi connectivity index (χ0) is 19.2. The van der Waals surface area contributed by atoms with Crippen molar-refractivity contribution < 1.29 is 9.59 Å². The van der Waals surface area contributed by atoms with Crippen LogP contribution in [0.4, 0.5) is 0 Å². The van der Waals surface area contributed by atoms with Crippen LogP contribution in [0.2, 0.25) is 0 Å². The van der Waals surface area contributed by atoms with Crippen molar-refractivity contribution in [3.63, 3.8) is 0 Å². The van der Waals surface area contributed by atoms with Gasteiger partial charge >= 0.3 is 0 Å². The minimum absolute atomic E-state index is 0.0645. The molecule has 7 heteroatoms. The largest absolute Gasteiger partial charge is 0.343 e. The second-order valence-corrected chi connectivity index (χ2v) is 7.06. The third-order valence-corrected chi connectivity index (χ3v) is 5.08. The minimum atomic E-state index is -0.362. The van der Waals surface area contributed by atoms with Crippen LogP contribution in [0.3, 0.4) is 0 Å². The fourth-order valence-corrected chi connectivity index (χ4v) is 3.31. The summed E-state index contributed by atoms with van der Waals surface area (Å²) in [5.41, 5.74) is 4.07. The summed E-state index contributed by atoms with van der Waals surface area (Å²) in [7, 11) is 5.28. The highest BCUT2D eigenvalue weighted by atomic mass is 16.2. The highest BCUT2D eigenvalue weighted by molar-refractivity contribution is 5.95. The first-order chi connectivity index (χ1) is 12.2. The van der Waals surface area contributed by atoms with Gasteiger partial charge in [0.1, 0.15) is 11.3 Å². The van der Waals surface area contributed by atoms with E-state index in [1.807, 2.05) is 31.5 Å². The number of amides is 2. The number of aromatic nitrogens is 2. The van der Waals surface area contributed by atoms with Gasteiger partial charge in [0.2, 0.25) is 0 Å². The number of carbonyl (C=O) groups excluding carboxylic acids is 2. The molecule has 7 nitrogen and oxygen atoms in total. The number of carbonyl (C=O) groups is 2. The van der Waals surface area contributed by atoms with E-state index in [1.54, 1.807) is 30.0 Å². The summed E-state index contributed by atoms with van der Waals surface area (Å²) >= 11 is 0. The van der Waals surface area contributed by atoms with E-state index in [1.165, 1.54) is 0 Å². The topological polar surface area (TPSA) is 78.4 Å². The first-order valence-corrected chi connectivity index (χ1v) is 8.59. The van der Waals surface area contributed by atoms with Gasteiger partial charge in [-0.3, -0.25) is 14.4 Å². The first-order valence-electron chi connectivity index (χ1n) is 8.59. The summed E-state index contributed by atoms with van der Waals surface area (Å²) in [5, 5.41) is 0. The highest BCUT2D eigenvalue weighted by Gasteiger charge is 2.28. The molecular formula is C19H24N4O3. The van der Waals surface area contributed by atoms with Crippen LogP contribution in [0.15, 0.2) is 16.9 Å². The van der Waals surface area contributed by atoms with Crippen LogP contribution in [0, 0.1) is 13.8 Å². The highest BCUT2D eigenvalue weighted by Crippen LogP contribution is 2.24. The number of aromatic amines is 1. The van der Waals surface area contributed by atoms with Crippen molar-refractivity contribution in [3.05, 3.63) is 56.3 Å². The summed E-state index contributed by atoms with van der Waals surface area (Å²) in [4.78, 5) is 43.3. The van der Waals surface area contributed by atoms with Crippen LogP contribution in [-0.4, -0.2) is 51.8 Å². The number of H-pyrrole nitrogens is 1. The third kappa shape index (κ3) is 2.94. The molecule has 0 radical (unpaired) electrons. The smallest absolute Gasteiger partial charge is 0.269 e. The monoisotopic (exact) mass is 356 g/mol. The van der Waals surface area contributed by atoms with Gasteiger partial charge in [0.05, 0.1) is 6.54 Å². The standard InChI is InChI=1S/C19H24N4O3/c1-11-8-14(17(24)20-12(11)2)18(25)23-7-6-13-9-15(19(26)21(3)4)22(5)16(13)10-23/h8-9H,6-7,10H2,1-5H3,(H,20,24). The second-order valence-electron chi connectivity index (χ2n) is 7.06. The van der Waals surface area contributed by atoms with Crippen molar-refractivity contribution in [1.29, 1.82) is 0 Å². The molecule has 3 rings (SSSR count). The molecule has 2 aromatic rings. The average Bonchev–Trinajstić information content (AvgIpc) is 2.93. The zero-order valence-electron chi connectivity index (χ0n) is 15.8. The van der Waals surface area contributed by atoms with Gasteiger partial charge in [0.15, 0.2) is 0 Å². The van der Waals surface area contributed by atoms with Crippen molar-refractivity contribution in [2.45, 2.75) is 26.8 Å². The normalized spacial score (nSPS) is 13.5. The van der Waals surface area contributed by atoms with Gasteiger partial charge in [-0.05, 0) is 43.5 Å². The Balaban J connectivity index is 1.91. The van der Waals surface area contributed by atoms with Crippen LogP contribution in [0.5, 0.6) is 0 Å². The molecule has 138 valence electrons. The van der Waals surface area contributed by atoms with Gasteiger partial charge in [0, 0.05) is 39.1 Å². The van der Waals surface area contributed by atoms with Gasteiger partial charge in [-0.15, -0.1) is 0 Å². The molecule has 0 atom stereocenters. The lowest BCUT2D eigenvalue weighted by Crippen LogP contribution is -2.39. The first kappa shape index (κ1) is 18.0.